The minimum Gasteiger partial charge on any atom is -0.490 e. The van der Waals surface area contributed by atoms with Crippen LogP contribution in [0.2, 0.25) is 0 Å². The molecule has 142 valence electrons. The van der Waals surface area contributed by atoms with Gasteiger partial charge in [-0.1, -0.05) is 6.07 Å². The zero-order valence-corrected chi connectivity index (χ0v) is 15.2. The highest BCUT2D eigenvalue weighted by atomic mass is 32.2. The van der Waals surface area contributed by atoms with Gasteiger partial charge in [0.05, 0.1) is 16.9 Å². The number of rotatable bonds is 7. The second kappa shape index (κ2) is 7.23. The Hall–Kier alpha value is -3.14. The number of benzene rings is 2. The first kappa shape index (κ1) is 18.6. The number of nitrogens with zero attached hydrogens (tertiary/aromatic N) is 1. The van der Waals surface area contributed by atoms with Gasteiger partial charge in [-0.25, -0.2) is 8.42 Å². The Morgan fingerprint density at radius 3 is 2.59 bits per heavy atom. The maximum absolute atomic E-state index is 12.6. The predicted molar refractivity (Wildman–Crippen MR) is 97.4 cm³/mol. The molecule has 3 rings (SSSR count). The fourth-order valence-corrected chi connectivity index (χ4v) is 3.48. The van der Waals surface area contributed by atoms with E-state index in [2.05, 4.69) is 10.0 Å². The monoisotopic (exact) mass is 391 g/mol. The zero-order valence-electron chi connectivity index (χ0n) is 14.3. The first-order valence-electron chi connectivity index (χ1n) is 8.06. The van der Waals surface area contributed by atoms with Crippen molar-refractivity contribution in [2.75, 3.05) is 11.8 Å². The molecule has 9 nitrogen and oxygen atoms in total. The largest absolute Gasteiger partial charge is 0.490 e. The normalized spacial score (nSPS) is 13.7. The number of ether oxygens (including phenoxy) is 1. The summed E-state index contributed by atoms with van der Waals surface area (Å²) in [6.07, 6.45) is 1.88. The smallest absolute Gasteiger partial charge is 0.312 e. The van der Waals surface area contributed by atoms with E-state index in [1.54, 1.807) is 12.1 Å². The van der Waals surface area contributed by atoms with E-state index in [0.717, 1.165) is 18.9 Å². The van der Waals surface area contributed by atoms with Crippen molar-refractivity contribution >= 4 is 27.3 Å². The number of nitro benzene ring substituents is 1. The summed E-state index contributed by atoms with van der Waals surface area (Å²) in [7, 11) is -2.83. The van der Waals surface area contributed by atoms with E-state index in [0.29, 0.717) is 5.56 Å². The lowest BCUT2D eigenvalue weighted by atomic mass is 10.2. The van der Waals surface area contributed by atoms with Gasteiger partial charge in [-0.15, -0.1) is 0 Å². The molecule has 0 spiro atoms. The molecule has 27 heavy (non-hydrogen) atoms. The topological polar surface area (TPSA) is 128 Å². The standard InChI is InChI=1S/C17H17N3O6S/c1-26-16-8-7-14(10-15(16)20(22)23)27(24,25)19-13-4-2-3-11(9-13)17(21)18-12-5-6-12/h2-4,7-10,12,19H,5-6H2,1H3,(H,18,21). The number of nitrogens with one attached hydrogen (secondary N) is 2. The molecule has 2 N–H and O–H groups in total. The van der Waals surface area contributed by atoms with Gasteiger partial charge >= 0.3 is 5.69 Å². The molecule has 1 fully saturated rings. The van der Waals surface area contributed by atoms with Crippen molar-refractivity contribution in [2.24, 2.45) is 0 Å². The molecule has 0 radical (unpaired) electrons. The number of anilines is 1. The fraction of sp³-hybridized carbons (Fsp3) is 0.235. The highest BCUT2D eigenvalue weighted by Gasteiger charge is 2.25. The molecule has 1 aliphatic rings. The third kappa shape index (κ3) is 4.34. The number of hydrogen-bond donors (Lipinski definition) is 2. The first-order chi connectivity index (χ1) is 12.8. The molecule has 0 saturated heterocycles. The van der Waals surface area contributed by atoms with E-state index in [1.807, 2.05) is 0 Å². The molecule has 1 saturated carbocycles. The first-order valence-corrected chi connectivity index (χ1v) is 9.54. The summed E-state index contributed by atoms with van der Waals surface area (Å²) in [5, 5.41) is 13.9. The van der Waals surface area contributed by atoms with Gasteiger partial charge in [-0.05, 0) is 43.2 Å². The van der Waals surface area contributed by atoms with E-state index in [1.165, 1.54) is 31.4 Å². The van der Waals surface area contributed by atoms with Gasteiger partial charge in [0.1, 0.15) is 0 Å². The van der Waals surface area contributed by atoms with E-state index in [9.17, 15) is 23.3 Å². The Balaban J connectivity index is 1.85. The summed E-state index contributed by atoms with van der Waals surface area (Å²) in [4.78, 5) is 22.2. The van der Waals surface area contributed by atoms with Crippen molar-refractivity contribution in [3.63, 3.8) is 0 Å². The summed E-state index contributed by atoms with van der Waals surface area (Å²) in [5.41, 5.74) is 0.0395. The van der Waals surface area contributed by atoms with Crippen molar-refractivity contribution < 1.29 is 22.9 Å². The van der Waals surface area contributed by atoms with Crippen LogP contribution in [0.3, 0.4) is 0 Å². The fourth-order valence-electron chi connectivity index (χ4n) is 2.41. The SMILES string of the molecule is COc1ccc(S(=O)(=O)Nc2cccc(C(=O)NC3CC3)c2)cc1[N+](=O)[O-]. The Labute approximate surface area is 155 Å². The summed E-state index contributed by atoms with van der Waals surface area (Å²) in [6, 6.07) is 9.55. The predicted octanol–water partition coefficient (Wildman–Crippen LogP) is 2.30. The van der Waals surface area contributed by atoms with E-state index < -0.39 is 20.6 Å². The molecule has 10 heteroatoms. The Morgan fingerprint density at radius 1 is 1.22 bits per heavy atom. The average Bonchev–Trinajstić information content (AvgIpc) is 3.44. The maximum Gasteiger partial charge on any atom is 0.312 e. The number of carbonyl (C=O) groups is 1. The van der Waals surface area contributed by atoms with Crippen LogP contribution in [-0.4, -0.2) is 32.4 Å². The third-order valence-electron chi connectivity index (χ3n) is 3.95. The zero-order chi connectivity index (χ0) is 19.6. The van der Waals surface area contributed by atoms with Gasteiger partial charge in [0.15, 0.2) is 5.75 Å². The maximum atomic E-state index is 12.6. The van der Waals surface area contributed by atoms with E-state index >= 15 is 0 Å². The number of hydrogen-bond acceptors (Lipinski definition) is 6. The summed E-state index contributed by atoms with van der Waals surface area (Å²) < 4.78 is 32.3. The van der Waals surface area contributed by atoms with Gasteiger partial charge in [0.25, 0.3) is 15.9 Å². The Bertz CT molecular complexity index is 1000. The number of sulfonamides is 1. The van der Waals surface area contributed by atoms with Crippen LogP contribution in [0.5, 0.6) is 5.75 Å². The minimum absolute atomic E-state index is 0.0438. The summed E-state index contributed by atoms with van der Waals surface area (Å²) in [6.45, 7) is 0. The molecule has 2 aromatic carbocycles. The van der Waals surface area contributed by atoms with Crippen LogP contribution < -0.4 is 14.8 Å². The highest BCUT2D eigenvalue weighted by Crippen LogP contribution is 2.30. The Kier molecular flexibility index (Phi) is 5.00. The molecule has 1 amide bonds. The molecule has 0 aliphatic heterocycles. The molecular formula is C17H17N3O6S. The van der Waals surface area contributed by atoms with E-state index in [-0.39, 0.29) is 28.3 Å². The lowest BCUT2D eigenvalue weighted by Gasteiger charge is -2.10. The highest BCUT2D eigenvalue weighted by molar-refractivity contribution is 7.92. The molecule has 0 aromatic heterocycles. The molecule has 2 aromatic rings. The van der Waals surface area contributed by atoms with Crippen LogP contribution in [0.25, 0.3) is 0 Å². The van der Waals surface area contributed by atoms with Crippen molar-refractivity contribution in [1.82, 2.24) is 5.32 Å². The quantitative estimate of drug-likeness (QED) is 0.551. The van der Waals surface area contributed by atoms with Gasteiger partial charge in [0, 0.05) is 23.4 Å². The van der Waals surface area contributed by atoms with Crippen LogP contribution in [0, 0.1) is 10.1 Å². The van der Waals surface area contributed by atoms with Crippen molar-refractivity contribution in [1.29, 1.82) is 0 Å². The number of methoxy groups -OCH3 is 1. The van der Waals surface area contributed by atoms with Crippen LogP contribution in [-0.2, 0) is 10.0 Å². The van der Waals surface area contributed by atoms with Gasteiger partial charge in [-0.3, -0.25) is 19.6 Å². The Morgan fingerprint density at radius 2 is 1.96 bits per heavy atom. The van der Waals surface area contributed by atoms with Crippen LogP contribution in [0.4, 0.5) is 11.4 Å². The summed E-state index contributed by atoms with van der Waals surface area (Å²) in [5.74, 6) is -0.323. The van der Waals surface area contributed by atoms with Crippen LogP contribution in [0.15, 0.2) is 47.4 Å². The minimum atomic E-state index is -4.09. The lowest BCUT2D eigenvalue weighted by molar-refractivity contribution is -0.386. The second-order valence-electron chi connectivity index (χ2n) is 6.02. The molecule has 0 atom stereocenters. The molecule has 0 bridgehead atoms. The van der Waals surface area contributed by atoms with Crippen molar-refractivity contribution in [3.05, 3.63) is 58.1 Å². The number of amides is 1. The molecular weight excluding hydrogens is 374 g/mol. The average molecular weight is 391 g/mol. The molecule has 0 unspecified atom stereocenters. The van der Waals surface area contributed by atoms with Gasteiger partial charge in [-0.2, -0.15) is 0 Å². The number of nitro groups is 1. The van der Waals surface area contributed by atoms with E-state index in [4.69, 9.17) is 4.74 Å². The number of carbonyl (C=O) groups excluding carboxylic acids is 1. The second-order valence-corrected chi connectivity index (χ2v) is 7.71. The van der Waals surface area contributed by atoms with Crippen LogP contribution in [0.1, 0.15) is 23.2 Å². The third-order valence-corrected chi connectivity index (χ3v) is 5.33. The molecule has 1 aliphatic carbocycles. The van der Waals surface area contributed by atoms with Crippen molar-refractivity contribution in [2.45, 2.75) is 23.8 Å². The lowest BCUT2D eigenvalue weighted by Crippen LogP contribution is -2.25. The van der Waals surface area contributed by atoms with Gasteiger partial charge in [0.2, 0.25) is 0 Å². The van der Waals surface area contributed by atoms with Crippen molar-refractivity contribution in [3.8, 4) is 5.75 Å². The molecule has 0 heterocycles. The van der Waals surface area contributed by atoms with Gasteiger partial charge < -0.3 is 10.1 Å². The van der Waals surface area contributed by atoms with Crippen LogP contribution >= 0.6 is 0 Å². The summed E-state index contributed by atoms with van der Waals surface area (Å²) >= 11 is 0.